The molecule has 2 heterocycles. The summed E-state index contributed by atoms with van der Waals surface area (Å²) < 4.78 is 0. The average Bonchev–Trinajstić information content (AvgIpc) is 2.98. The van der Waals surface area contributed by atoms with Crippen LogP contribution in [-0.2, 0) is 4.79 Å². The molecule has 6 nitrogen and oxygen atoms in total. The maximum absolute atomic E-state index is 11.4. The number of hydrogen-bond acceptors (Lipinski definition) is 4. The first-order chi connectivity index (χ1) is 10.5. The topological polar surface area (TPSA) is 51.2 Å². The summed E-state index contributed by atoms with van der Waals surface area (Å²) in [5.74, 6) is 3.52. The van der Waals surface area contributed by atoms with Crippen LogP contribution in [0.4, 0.5) is 0 Å². The number of carbonyl (C=O) groups excluding carboxylic acids is 1. The molecule has 2 aliphatic heterocycles. The molecule has 2 rings (SSSR count). The van der Waals surface area contributed by atoms with Crippen LogP contribution in [-0.4, -0.2) is 97.5 Å². The Labute approximate surface area is 138 Å². The van der Waals surface area contributed by atoms with Gasteiger partial charge in [-0.25, -0.2) is 0 Å². The molecule has 0 saturated carbocycles. The molecule has 1 atom stereocenters. The van der Waals surface area contributed by atoms with Crippen molar-refractivity contribution in [2.75, 3.05) is 65.4 Å². The minimum absolute atomic E-state index is 0.164. The minimum Gasteiger partial charge on any atom is -0.354 e. The summed E-state index contributed by atoms with van der Waals surface area (Å²) in [7, 11) is 6.18. The summed E-state index contributed by atoms with van der Waals surface area (Å²) in [6.07, 6.45) is 1.22. The number of carbonyl (C=O) groups is 1. The molecule has 2 aliphatic rings. The number of hydrogen-bond donors (Lipinski definition) is 1. The molecule has 22 heavy (non-hydrogen) atoms. The van der Waals surface area contributed by atoms with Gasteiger partial charge in [0.15, 0.2) is 5.96 Å². The predicted octanol–water partition coefficient (Wildman–Crippen LogP) is 0.163. The van der Waals surface area contributed by atoms with Gasteiger partial charge in [0.05, 0.1) is 0 Å². The number of amides is 1. The molecular formula is C15H29N5OS. The lowest BCUT2D eigenvalue weighted by molar-refractivity contribution is -0.130. The van der Waals surface area contributed by atoms with Crippen molar-refractivity contribution in [3.05, 3.63) is 0 Å². The molecule has 0 radical (unpaired) electrons. The van der Waals surface area contributed by atoms with Crippen LogP contribution in [0.15, 0.2) is 4.99 Å². The first-order valence-electron chi connectivity index (χ1n) is 7.95. The van der Waals surface area contributed by atoms with Crippen LogP contribution in [0.2, 0.25) is 0 Å². The number of nitrogens with zero attached hydrogens (tertiary/aromatic N) is 4. The molecule has 2 fully saturated rings. The van der Waals surface area contributed by atoms with Gasteiger partial charge >= 0.3 is 0 Å². The molecule has 0 spiro atoms. The van der Waals surface area contributed by atoms with Crippen LogP contribution in [0.3, 0.4) is 0 Å². The van der Waals surface area contributed by atoms with E-state index in [0.717, 1.165) is 38.7 Å². The zero-order chi connectivity index (χ0) is 16.2. The first-order valence-corrected chi connectivity index (χ1v) is 9.10. The lowest BCUT2D eigenvalue weighted by atomic mass is 9.97. The van der Waals surface area contributed by atoms with Crippen LogP contribution in [0.1, 0.15) is 13.3 Å². The SMILES string of the molecule is CN=C(NCC1(N(C)C)CCSC1)N1CCN(C(C)=O)CC1. The van der Waals surface area contributed by atoms with E-state index in [4.69, 9.17) is 0 Å². The summed E-state index contributed by atoms with van der Waals surface area (Å²) in [5, 5.41) is 3.56. The van der Waals surface area contributed by atoms with E-state index >= 15 is 0 Å². The summed E-state index contributed by atoms with van der Waals surface area (Å²) in [5.41, 5.74) is 0.224. The van der Waals surface area contributed by atoms with Crippen molar-refractivity contribution in [1.82, 2.24) is 20.0 Å². The van der Waals surface area contributed by atoms with Crippen molar-refractivity contribution in [3.8, 4) is 0 Å². The van der Waals surface area contributed by atoms with Crippen molar-refractivity contribution in [2.45, 2.75) is 18.9 Å². The van der Waals surface area contributed by atoms with E-state index in [1.54, 1.807) is 6.92 Å². The Bertz CT molecular complexity index is 412. The van der Waals surface area contributed by atoms with Crippen molar-refractivity contribution >= 4 is 23.6 Å². The highest BCUT2D eigenvalue weighted by Crippen LogP contribution is 2.31. The van der Waals surface area contributed by atoms with Gasteiger partial charge in [0.25, 0.3) is 0 Å². The van der Waals surface area contributed by atoms with Gasteiger partial charge in [0, 0.05) is 58.0 Å². The third kappa shape index (κ3) is 3.87. The quantitative estimate of drug-likeness (QED) is 0.591. The molecule has 0 aromatic heterocycles. The van der Waals surface area contributed by atoms with Crippen LogP contribution < -0.4 is 5.32 Å². The zero-order valence-corrected chi connectivity index (χ0v) is 15.1. The molecule has 0 aromatic carbocycles. The fraction of sp³-hybridized carbons (Fsp3) is 0.867. The minimum atomic E-state index is 0.164. The van der Waals surface area contributed by atoms with Crippen LogP contribution in [0, 0.1) is 0 Å². The van der Waals surface area contributed by atoms with Gasteiger partial charge in [-0.2, -0.15) is 11.8 Å². The summed E-state index contributed by atoms with van der Waals surface area (Å²) in [6.45, 7) is 5.83. The number of aliphatic imine (C=N–C) groups is 1. The van der Waals surface area contributed by atoms with E-state index in [-0.39, 0.29) is 11.4 Å². The van der Waals surface area contributed by atoms with E-state index in [2.05, 4.69) is 34.2 Å². The second kappa shape index (κ2) is 7.55. The van der Waals surface area contributed by atoms with Gasteiger partial charge < -0.3 is 20.0 Å². The van der Waals surface area contributed by atoms with E-state index in [9.17, 15) is 4.79 Å². The Morgan fingerprint density at radius 2 is 1.91 bits per heavy atom. The molecule has 1 amide bonds. The largest absolute Gasteiger partial charge is 0.354 e. The Hall–Kier alpha value is -0.950. The standard InChI is InChI=1S/C15H29N5OS/c1-13(21)19-6-8-20(9-7-19)14(16-2)17-11-15(18(3)4)5-10-22-12-15/h5-12H2,1-4H3,(H,16,17). The number of thioether (sulfide) groups is 1. The molecule has 0 aliphatic carbocycles. The fourth-order valence-electron chi connectivity index (χ4n) is 3.06. The number of guanidine groups is 1. The van der Waals surface area contributed by atoms with Crippen LogP contribution >= 0.6 is 11.8 Å². The number of rotatable bonds is 3. The molecular weight excluding hydrogens is 298 g/mol. The predicted molar refractivity (Wildman–Crippen MR) is 93.5 cm³/mol. The average molecular weight is 327 g/mol. The molecule has 0 bridgehead atoms. The van der Waals surface area contributed by atoms with Crippen molar-refractivity contribution in [1.29, 1.82) is 0 Å². The van der Waals surface area contributed by atoms with Gasteiger partial charge in [-0.05, 0) is 26.3 Å². The van der Waals surface area contributed by atoms with E-state index in [1.807, 2.05) is 23.7 Å². The third-order valence-electron chi connectivity index (χ3n) is 4.84. The normalized spacial score (nSPS) is 26.7. The van der Waals surface area contributed by atoms with Crippen LogP contribution in [0.5, 0.6) is 0 Å². The molecule has 1 N–H and O–H groups in total. The number of likely N-dealkylation sites (N-methyl/N-ethyl adjacent to an activating group) is 1. The van der Waals surface area contributed by atoms with Gasteiger partial charge in [0.2, 0.25) is 5.91 Å². The lowest BCUT2D eigenvalue weighted by Gasteiger charge is -2.39. The second-order valence-electron chi connectivity index (χ2n) is 6.32. The number of nitrogens with one attached hydrogen (secondary N) is 1. The first kappa shape index (κ1) is 17.4. The Morgan fingerprint density at radius 3 is 2.36 bits per heavy atom. The Balaban J connectivity index is 1.89. The van der Waals surface area contributed by atoms with E-state index < -0.39 is 0 Å². The maximum Gasteiger partial charge on any atom is 0.219 e. The van der Waals surface area contributed by atoms with Gasteiger partial charge in [0.1, 0.15) is 0 Å². The number of piperazine rings is 1. The van der Waals surface area contributed by atoms with Crippen molar-refractivity contribution < 1.29 is 4.79 Å². The third-order valence-corrected chi connectivity index (χ3v) is 6.08. The monoisotopic (exact) mass is 327 g/mol. The Morgan fingerprint density at radius 1 is 1.27 bits per heavy atom. The summed E-state index contributed by atoms with van der Waals surface area (Å²) in [6, 6.07) is 0. The summed E-state index contributed by atoms with van der Waals surface area (Å²) in [4.78, 5) is 22.4. The van der Waals surface area contributed by atoms with E-state index in [0.29, 0.717) is 0 Å². The molecule has 0 aromatic rings. The molecule has 1 unspecified atom stereocenters. The van der Waals surface area contributed by atoms with Gasteiger partial charge in [-0.15, -0.1) is 0 Å². The molecule has 2 saturated heterocycles. The molecule has 7 heteroatoms. The second-order valence-corrected chi connectivity index (χ2v) is 7.42. The fourth-order valence-corrected chi connectivity index (χ4v) is 4.61. The van der Waals surface area contributed by atoms with Crippen LogP contribution in [0.25, 0.3) is 0 Å². The van der Waals surface area contributed by atoms with E-state index in [1.165, 1.54) is 17.9 Å². The zero-order valence-electron chi connectivity index (χ0n) is 14.3. The maximum atomic E-state index is 11.4. The van der Waals surface area contributed by atoms with Gasteiger partial charge in [-0.1, -0.05) is 0 Å². The van der Waals surface area contributed by atoms with Crippen molar-refractivity contribution in [2.24, 2.45) is 4.99 Å². The highest BCUT2D eigenvalue weighted by Gasteiger charge is 2.37. The Kier molecular flexibility index (Phi) is 5.97. The summed E-state index contributed by atoms with van der Waals surface area (Å²) >= 11 is 2.03. The highest BCUT2D eigenvalue weighted by atomic mass is 32.2. The smallest absolute Gasteiger partial charge is 0.219 e. The highest BCUT2D eigenvalue weighted by molar-refractivity contribution is 7.99. The lowest BCUT2D eigenvalue weighted by Crippen LogP contribution is -2.58. The molecule has 126 valence electrons. The van der Waals surface area contributed by atoms with Gasteiger partial charge in [-0.3, -0.25) is 9.79 Å². The van der Waals surface area contributed by atoms with Crippen molar-refractivity contribution in [3.63, 3.8) is 0 Å².